The highest BCUT2D eigenvalue weighted by Gasteiger charge is 2.09. The maximum absolute atomic E-state index is 12.9. The molecule has 0 N–H and O–H groups in total. The lowest BCUT2D eigenvalue weighted by atomic mass is 10.4. The summed E-state index contributed by atoms with van der Waals surface area (Å²) in [5, 5.41) is 0.161. The minimum atomic E-state index is -0.741. The largest absolute Gasteiger partial charge is 0.404 e. The zero-order chi connectivity index (χ0) is 9.84. The van der Waals surface area contributed by atoms with Crippen LogP contribution < -0.4 is 4.74 Å². The topological polar surface area (TPSA) is 39.2 Å². The third kappa shape index (κ3) is 2.66. The Morgan fingerprint density at radius 3 is 3.00 bits per heavy atom. The molecule has 1 aromatic heterocycles. The van der Waals surface area contributed by atoms with Gasteiger partial charge in [0.15, 0.2) is 5.82 Å². The number of hydrogen-bond acceptors (Lipinski definition) is 3. The summed E-state index contributed by atoms with van der Waals surface area (Å²) in [7, 11) is 0. The van der Waals surface area contributed by atoms with Crippen molar-refractivity contribution in [1.82, 2.24) is 4.98 Å². The summed E-state index contributed by atoms with van der Waals surface area (Å²) in [5.41, 5.74) is 0. The number of aromatic nitrogens is 1. The minimum Gasteiger partial charge on any atom is -0.404 e. The smallest absolute Gasteiger partial charge is 0.312 e. The van der Waals surface area contributed by atoms with Gasteiger partial charge in [0.25, 0.3) is 5.88 Å². The van der Waals surface area contributed by atoms with Gasteiger partial charge in [0.2, 0.25) is 0 Å². The van der Waals surface area contributed by atoms with Crippen molar-refractivity contribution in [3.63, 3.8) is 0 Å². The van der Waals surface area contributed by atoms with Crippen molar-refractivity contribution in [2.75, 3.05) is 0 Å². The molecule has 1 aromatic rings. The number of carbonyl (C=O) groups is 1. The van der Waals surface area contributed by atoms with Crippen molar-refractivity contribution in [3.8, 4) is 5.88 Å². The number of esters is 1. The van der Waals surface area contributed by atoms with E-state index in [1.807, 2.05) is 0 Å². The summed E-state index contributed by atoms with van der Waals surface area (Å²) in [6.45, 7) is 1.61. The Morgan fingerprint density at radius 1 is 1.77 bits per heavy atom. The molecule has 0 saturated carbocycles. The van der Waals surface area contributed by atoms with Gasteiger partial charge in [-0.2, -0.15) is 0 Å². The molecule has 0 aromatic carbocycles. The molecule has 70 valence electrons. The van der Waals surface area contributed by atoms with Crippen molar-refractivity contribution in [2.24, 2.45) is 0 Å². The average molecular weight is 204 g/mol. The van der Waals surface area contributed by atoms with Crippen LogP contribution in [0.5, 0.6) is 5.88 Å². The number of nitrogens with zero attached hydrogens (tertiary/aromatic N) is 1. The summed E-state index contributed by atoms with van der Waals surface area (Å²) in [4.78, 5) is 14.3. The van der Waals surface area contributed by atoms with Crippen LogP contribution in [0.4, 0.5) is 4.39 Å². The lowest BCUT2D eigenvalue weighted by Crippen LogP contribution is -2.08. The number of carbonyl (C=O) groups excluding carboxylic acids is 1. The molecule has 0 amide bonds. The van der Waals surface area contributed by atoms with Crippen molar-refractivity contribution in [2.45, 2.75) is 13.3 Å². The second kappa shape index (κ2) is 4.18. The Hall–Kier alpha value is -1.16. The number of pyridine rings is 1. The molecule has 0 saturated heterocycles. The highest BCUT2D eigenvalue weighted by molar-refractivity contribution is 6.30. The van der Waals surface area contributed by atoms with Gasteiger partial charge in [0, 0.05) is 12.6 Å². The van der Waals surface area contributed by atoms with Crippen molar-refractivity contribution in [3.05, 3.63) is 23.1 Å². The molecule has 0 aliphatic heterocycles. The average Bonchev–Trinajstić information content (AvgIpc) is 2.09. The zero-order valence-corrected chi connectivity index (χ0v) is 7.64. The quantitative estimate of drug-likeness (QED) is 0.692. The predicted molar refractivity (Wildman–Crippen MR) is 45.1 cm³/mol. The summed E-state index contributed by atoms with van der Waals surface area (Å²) in [5.74, 6) is -1.61. The van der Waals surface area contributed by atoms with E-state index in [1.165, 1.54) is 6.20 Å². The van der Waals surface area contributed by atoms with Crippen LogP contribution >= 0.6 is 11.6 Å². The summed E-state index contributed by atoms with van der Waals surface area (Å²) in [6, 6.07) is 1.03. The van der Waals surface area contributed by atoms with Crippen LogP contribution in [0, 0.1) is 5.82 Å². The molecule has 5 heteroatoms. The highest BCUT2D eigenvalue weighted by atomic mass is 35.5. The SMILES string of the molecule is CCC(=O)Oc1ncc(Cl)cc1F. The molecule has 3 nitrogen and oxygen atoms in total. The first-order valence-electron chi connectivity index (χ1n) is 3.65. The van der Waals surface area contributed by atoms with Crippen LogP contribution in [0.25, 0.3) is 0 Å². The third-order valence-electron chi connectivity index (χ3n) is 1.27. The maximum Gasteiger partial charge on any atom is 0.312 e. The van der Waals surface area contributed by atoms with Gasteiger partial charge in [0.1, 0.15) is 0 Å². The van der Waals surface area contributed by atoms with E-state index in [0.717, 1.165) is 6.07 Å². The number of hydrogen-bond donors (Lipinski definition) is 0. The Labute approximate surface area is 79.5 Å². The van der Waals surface area contributed by atoms with Crippen LogP contribution in [0.2, 0.25) is 5.02 Å². The molecule has 0 unspecified atom stereocenters. The molecule has 0 atom stereocenters. The van der Waals surface area contributed by atoms with E-state index >= 15 is 0 Å². The van der Waals surface area contributed by atoms with Gasteiger partial charge in [-0.1, -0.05) is 18.5 Å². The first kappa shape index (κ1) is 9.92. The number of rotatable bonds is 2. The minimum absolute atomic E-state index is 0.161. The van der Waals surface area contributed by atoms with E-state index < -0.39 is 11.8 Å². The first-order chi connectivity index (χ1) is 6.13. The molecule has 13 heavy (non-hydrogen) atoms. The van der Waals surface area contributed by atoms with Crippen LogP contribution in [0.1, 0.15) is 13.3 Å². The first-order valence-corrected chi connectivity index (χ1v) is 4.03. The molecule has 0 fully saturated rings. The van der Waals surface area contributed by atoms with Crippen molar-refractivity contribution in [1.29, 1.82) is 0 Å². The van der Waals surface area contributed by atoms with Crippen LogP contribution in [0.3, 0.4) is 0 Å². The normalized spacial score (nSPS) is 9.77. The predicted octanol–water partition coefficient (Wildman–Crippen LogP) is 2.19. The highest BCUT2D eigenvalue weighted by Crippen LogP contribution is 2.17. The Kier molecular flexibility index (Phi) is 3.19. The van der Waals surface area contributed by atoms with Crippen LogP contribution in [-0.2, 0) is 4.79 Å². The summed E-state index contributed by atoms with van der Waals surface area (Å²) < 4.78 is 17.5. The molecule has 1 heterocycles. The fourth-order valence-electron chi connectivity index (χ4n) is 0.657. The van der Waals surface area contributed by atoms with Gasteiger partial charge in [-0.05, 0) is 6.07 Å². The molecule has 0 radical (unpaired) electrons. The fourth-order valence-corrected chi connectivity index (χ4v) is 0.802. The summed E-state index contributed by atoms with van der Waals surface area (Å²) >= 11 is 5.44. The van der Waals surface area contributed by atoms with E-state index in [4.69, 9.17) is 11.6 Å². The maximum atomic E-state index is 12.9. The fraction of sp³-hybridized carbons (Fsp3) is 0.250. The second-order valence-corrected chi connectivity index (χ2v) is 2.70. The lowest BCUT2D eigenvalue weighted by Gasteiger charge is -2.01. The zero-order valence-electron chi connectivity index (χ0n) is 6.88. The Morgan fingerprint density at radius 2 is 2.46 bits per heavy atom. The second-order valence-electron chi connectivity index (χ2n) is 2.27. The molecule has 1 rings (SSSR count). The van der Waals surface area contributed by atoms with Crippen molar-refractivity contribution < 1.29 is 13.9 Å². The van der Waals surface area contributed by atoms with Gasteiger partial charge in [0.05, 0.1) is 5.02 Å². The van der Waals surface area contributed by atoms with Gasteiger partial charge in [-0.25, -0.2) is 9.37 Å². The van der Waals surface area contributed by atoms with E-state index in [-0.39, 0.29) is 17.3 Å². The molecular formula is C8H7ClFNO2. The van der Waals surface area contributed by atoms with E-state index in [2.05, 4.69) is 9.72 Å². The lowest BCUT2D eigenvalue weighted by molar-refractivity contribution is -0.134. The number of halogens is 2. The van der Waals surface area contributed by atoms with Crippen LogP contribution in [0.15, 0.2) is 12.3 Å². The third-order valence-corrected chi connectivity index (χ3v) is 1.48. The Bertz CT molecular complexity index is 330. The van der Waals surface area contributed by atoms with Gasteiger partial charge < -0.3 is 4.74 Å². The molecule has 0 bridgehead atoms. The summed E-state index contributed by atoms with van der Waals surface area (Å²) in [6.07, 6.45) is 1.38. The molecule has 0 spiro atoms. The van der Waals surface area contributed by atoms with Gasteiger partial charge in [-0.3, -0.25) is 4.79 Å². The monoisotopic (exact) mass is 203 g/mol. The van der Waals surface area contributed by atoms with E-state index in [9.17, 15) is 9.18 Å². The van der Waals surface area contributed by atoms with Crippen LogP contribution in [-0.4, -0.2) is 11.0 Å². The van der Waals surface area contributed by atoms with E-state index in [1.54, 1.807) is 6.92 Å². The van der Waals surface area contributed by atoms with Gasteiger partial charge >= 0.3 is 5.97 Å². The van der Waals surface area contributed by atoms with Gasteiger partial charge in [-0.15, -0.1) is 0 Å². The van der Waals surface area contributed by atoms with E-state index in [0.29, 0.717) is 0 Å². The number of ether oxygens (including phenoxy) is 1. The molecular weight excluding hydrogens is 197 g/mol. The molecule has 0 aliphatic carbocycles. The standard InChI is InChI=1S/C8H7ClFNO2/c1-2-7(12)13-8-6(10)3-5(9)4-11-8/h3-4H,2H2,1H3. The Balaban J connectivity index is 2.83. The van der Waals surface area contributed by atoms with Crippen molar-refractivity contribution >= 4 is 17.6 Å². The molecule has 0 aliphatic rings.